The van der Waals surface area contributed by atoms with Crippen LogP contribution in [0.4, 0.5) is 17.6 Å². The van der Waals surface area contributed by atoms with Crippen molar-refractivity contribution < 1.29 is 37.0 Å². The molecule has 10 heteroatoms. The zero-order valence-corrected chi connectivity index (χ0v) is 21.2. The number of carboxylic acids is 1. The molecule has 0 atom stereocenters. The van der Waals surface area contributed by atoms with E-state index in [9.17, 15) is 27.9 Å². The number of benzene rings is 1. The van der Waals surface area contributed by atoms with Gasteiger partial charge in [-0.25, -0.2) is 4.39 Å². The number of halogens is 4. The van der Waals surface area contributed by atoms with E-state index in [-0.39, 0.29) is 17.7 Å². The van der Waals surface area contributed by atoms with E-state index in [1.807, 2.05) is 13.8 Å². The van der Waals surface area contributed by atoms with Crippen LogP contribution < -0.4 is 10.1 Å². The van der Waals surface area contributed by atoms with Crippen molar-refractivity contribution in [1.29, 1.82) is 0 Å². The van der Waals surface area contributed by atoms with Crippen LogP contribution in [0.3, 0.4) is 0 Å². The third-order valence-electron chi connectivity index (χ3n) is 6.39. The number of rotatable bonds is 8. The number of hydrogen-bond acceptors (Lipinski definition) is 4. The molecule has 1 aliphatic rings. The van der Waals surface area contributed by atoms with Gasteiger partial charge in [-0.05, 0) is 74.4 Å². The van der Waals surface area contributed by atoms with Crippen LogP contribution in [0.2, 0.25) is 0 Å². The van der Waals surface area contributed by atoms with E-state index in [0.717, 1.165) is 5.56 Å². The Labute approximate surface area is 212 Å². The molecular formula is C27H30F4N2O4. The fraction of sp³-hybridized carbons (Fsp3) is 0.444. The molecule has 0 radical (unpaired) electrons. The Morgan fingerprint density at radius 2 is 1.97 bits per heavy atom. The molecule has 1 aliphatic heterocycles. The number of fused-ring (bicyclic) bond motifs is 1. The summed E-state index contributed by atoms with van der Waals surface area (Å²) in [5, 5.41) is 11.9. The molecule has 200 valence electrons. The fourth-order valence-corrected chi connectivity index (χ4v) is 4.59. The summed E-state index contributed by atoms with van der Waals surface area (Å²) >= 11 is 0. The smallest absolute Gasteiger partial charge is 0.390 e. The second-order valence-electron chi connectivity index (χ2n) is 9.07. The second kappa shape index (κ2) is 11.3. The number of pyridine rings is 1. The van der Waals surface area contributed by atoms with Crippen molar-refractivity contribution in [3.05, 3.63) is 51.1 Å². The summed E-state index contributed by atoms with van der Waals surface area (Å²) in [5.41, 5.74) is 4.29. The Hall–Kier alpha value is -3.43. The summed E-state index contributed by atoms with van der Waals surface area (Å²) in [6, 6.07) is 1.31. The summed E-state index contributed by atoms with van der Waals surface area (Å²) in [7, 11) is 0. The summed E-state index contributed by atoms with van der Waals surface area (Å²) in [4.78, 5) is 29.0. The van der Waals surface area contributed by atoms with E-state index in [4.69, 9.17) is 4.74 Å². The third-order valence-corrected chi connectivity index (χ3v) is 6.39. The number of hydrogen-bond donors (Lipinski definition) is 2. The van der Waals surface area contributed by atoms with Gasteiger partial charge in [0, 0.05) is 34.6 Å². The average molecular weight is 523 g/mol. The standard InChI is InChI=1S/C27H30F4N2O4/c1-5-22-20(13-23(34)35)24(18-12-21(28)25-17(15(18)3)7-6-10-37-25)19(16(4)33-22)11-14(2)26(36)32-9-8-27(29,30)31/h11-12H,5-10,13H2,1-4H3,(H,32,36)(H,34,35)/b14-11+. The molecule has 0 fully saturated rings. The number of aliphatic carboxylic acids is 1. The van der Waals surface area contributed by atoms with Gasteiger partial charge in [0.1, 0.15) is 0 Å². The molecular weight excluding hydrogens is 492 g/mol. The number of carboxylic acid groups (broad SMARTS) is 1. The van der Waals surface area contributed by atoms with E-state index in [1.165, 1.54) is 19.1 Å². The van der Waals surface area contributed by atoms with Crippen LogP contribution in [0.1, 0.15) is 60.3 Å². The molecule has 37 heavy (non-hydrogen) atoms. The number of aryl methyl sites for hydroxylation is 2. The highest BCUT2D eigenvalue weighted by Gasteiger charge is 2.28. The van der Waals surface area contributed by atoms with E-state index in [2.05, 4.69) is 10.3 Å². The summed E-state index contributed by atoms with van der Waals surface area (Å²) < 4.78 is 58.2. The molecule has 0 aliphatic carbocycles. The number of carbonyl (C=O) groups is 2. The third kappa shape index (κ3) is 6.47. The Morgan fingerprint density at radius 1 is 1.27 bits per heavy atom. The van der Waals surface area contributed by atoms with Gasteiger partial charge in [-0.1, -0.05) is 6.92 Å². The van der Waals surface area contributed by atoms with Gasteiger partial charge in [-0.2, -0.15) is 13.2 Å². The highest BCUT2D eigenvalue weighted by molar-refractivity contribution is 5.99. The molecule has 1 aromatic carbocycles. The van der Waals surface area contributed by atoms with Gasteiger partial charge in [0.2, 0.25) is 5.91 Å². The number of amides is 1. The number of ether oxygens (including phenoxy) is 1. The zero-order valence-electron chi connectivity index (χ0n) is 21.2. The highest BCUT2D eigenvalue weighted by Crippen LogP contribution is 2.41. The molecule has 1 aromatic heterocycles. The van der Waals surface area contributed by atoms with Gasteiger partial charge >= 0.3 is 12.1 Å². The first-order valence-corrected chi connectivity index (χ1v) is 12.1. The van der Waals surface area contributed by atoms with Gasteiger partial charge < -0.3 is 15.2 Å². The first-order valence-electron chi connectivity index (χ1n) is 12.1. The average Bonchev–Trinajstić information content (AvgIpc) is 2.82. The van der Waals surface area contributed by atoms with E-state index < -0.39 is 36.8 Å². The summed E-state index contributed by atoms with van der Waals surface area (Å²) in [5.74, 6) is -2.18. The molecule has 1 amide bonds. The van der Waals surface area contributed by atoms with Gasteiger partial charge in [-0.15, -0.1) is 0 Å². The molecule has 3 rings (SSSR count). The Bertz CT molecular complexity index is 1250. The predicted octanol–water partition coefficient (Wildman–Crippen LogP) is 5.49. The molecule has 0 saturated carbocycles. The molecule has 6 nitrogen and oxygen atoms in total. The van der Waals surface area contributed by atoms with Crippen molar-refractivity contribution >= 4 is 18.0 Å². The molecule has 2 N–H and O–H groups in total. The minimum Gasteiger partial charge on any atom is -0.490 e. The van der Waals surface area contributed by atoms with Crippen LogP contribution in [0.25, 0.3) is 17.2 Å². The van der Waals surface area contributed by atoms with Crippen molar-refractivity contribution in [1.82, 2.24) is 10.3 Å². The maximum Gasteiger partial charge on any atom is 0.390 e. The molecule has 2 aromatic rings. The lowest BCUT2D eigenvalue weighted by Gasteiger charge is -2.25. The topological polar surface area (TPSA) is 88.5 Å². The lowest BCUT2D eigenvalue weighted by molar-refractivity contribution is -0.137. The number of alkyl halides is 3. The van der Waals surface area contributed by atoms with E-state index >= 15 is 4.39 Å². The highest BCUT2D eigenvalue weighted by atomic mass is 19.4. The monoisotopic (exact) mass is 522 g/mol. The summed E-state index contributed by atoms with van der Waals surface area (Å²) in [6.07, 6.45) is -2.75. The normalized spacial score (nSPS) is 13.7. The molecule has 0 unspecified atom stereocenters. The van der Waals surface area contributed by atoms with Gasteiger partial charge in [0.25, 0.3) is 0 Å². The van der Waals surface area contributed by atoms with Gasteiger partial charge in [-0.3, -0.25) is 14.6 Å². The largest absolute Gasteiger partial charge is 0.490 e. The lowest BCUT2D eigenvalue weighted by atomic mass is 9.85. The first-order chi connectivity index (χ1) is 17.3. The van der Waals surface area contributed by atoms with Crippen LogP contribution in [0, 0.1) is 19.7 Å². The lowest BCUT2D eigenvalue weighted by Crippen LogP contribution is -2.28. The second-order valence-corrected chi connectivity index (χ2v) is 9.07. The summed E-state index contributed by atoms with van der Waals surface area (Å²) in [6.45, 7) is 6.62. The molecule has 0 saturated heterocycles. The van der Waals surface area contributed by atoms with Gasteiger partial charge in [0.05, 0.1) is 19.4 Å². The number of carbonyl (C=O) groups excluding carboxylic acids is 1. The van der Waals surface area contributed by atoms with Crippen molar-refractivity contribution in [3.8, 4) is 16.9 Å². The van der Waals surface area contributed by atoms with Crippen LogP contribution in [-0.4, -0.2) is 41.3 Å². The van der Waals surface area contributed by atoms with Crippen molar-refractivity contribution in [2.75, 3.05) is 13.2 Å². The van der Waals surface area contributed by atoms with Crippen molar-refractivity contribution in [3.63, 3.8) is 0 Å². The van der Waals surface area contributed by atoms with Crippen molar-refractivity contribution in [2.24, 2.45) is 0 Å². The zero-order chi connectivity index (χ0) is 27.5. The van der Waals surface area contributed by atoms with Crippen LogP contribution >= 0.6 is 0 Å². The Kier molecular flexibility index (Phi) is 8.60. The molecule has 0 spiro atoms. The number of nitrogens with zero attached hydrogens (tertiary/aromatic N) is 1. The first kappa shape index (κ1) is 28.1. The molecule has 2 heterocycles. The van der Waals surface area contributed by atoms with Gasteiger partial charge in [0.15, 0.2) is 11.6 Å². The minimum absolute atomic E-state index is 0.110. The minimum atomic E-state index is -4.40. The number of nitrogens with one attached hydrogen (secondary N) is 1. The Morgan fingerprint density at radius 3 is 2.59 bits per heavy atom. The quantitative estimate of drug-likeness (QED) is 0.354. The maximum atomic E-state index is 15.2. The fourth-order valence-electron chi connectivity index (χ4n) is 4.59. The van der Waals surface area contributed by atoms with Crippen molar-refractivity contribution in [2.45, 2.75) is 66.0 Å². The molecule has 0 bridgehead atoms. The van der Waals surface area contributed by atoms with Crippen LogP contribution in [-0.2, 0) is 28.9 Å². The predicted molar refractivity (Wildman–Crippen MR) is 131 cm³/mol. The number of aromatic nitrogens is 1. The Balaban J connectivity index is 2.23. The van der Waals surface area contributed by atoms with E-state index in [1.54, 1.807) is 6.92 Å². The van der Waals surface area contributed by atoms with Crippen LogP contribution in [0.5, 0.6) is 5.75 Å². The van der Waals surface area contributed by atoms with E-state index in [0.29, 0.717) is 65.1 Å². The van der Waals surface area contributed by atoms with Crippen LogP contribution in [0.15, 0.2) is 11.6 Å². The maximum absolute atomic E-state index is 15.2. The SMILES string of the molecule is CCc1nc(C)c(/C=C(\C)C(=O)NCCC(F)(F)F)c(-c2cc(F)c3c(c2C)CCCO3)c1CC(=O)O.